The van der Waals surface area contributed by atoms with Crippen molar-refractivity contribution in [2.24, 2.45) is 0 Å². The monoisotopic (exact) mass is 474 g/mol. The fourth-order valence-electron chi connectivity index (χ4n) is 1.05. The maximum absolute atomic E-state index is 10.5. The maximum Gasteiger partial charge on any atom is 0.356 e. The van der Waals surface area contributed by atoms with Crippen molar-refractivity contribution in [1.29, 1.82) is 0 Å². The third-order valence-electron chi connectivity index (χ3n) is 2.06. The van der Waals surface area contributed by atoms with Gasteiger partial charge in [-0.2, -0.15) is 0 Å². The van der Waals surface area contributed by atoms with E-state index in [0.29, 0.717) is 5.02 Å². The summed E-state index contributed by atoms with van der Waals surface area (Å²) in [6.07, 6.45) is 1.35. The number of hydrogen-bond acceptors (Lipinski definition) is 3. The minimum atomic E-state index is -1.31. The number of rotatable bonds is 1. The first-order chi connectivity index (χ1) is 10.6. The fourth-order valence-corrected chi connectivity index (χ4v) is 2.53. The van der Waals surface area contributed by atoms with Gasteiger partial charge in [0.25, 0.3) is 0 Å². The second-order valence-electron chi connectivity index (χ2n) is 3.52. The third-order valence-corrected chi connectivity index (χ3v) is 5.36. The summed E-state index contributed by atoms with van der Waals surface area (Å²) in [6, 6.07) is 0. The molecule has 0 atom stereocenters. The summed E-state index contributed by atoms with van der Waals surface area (Å²) in [5.74, 6) is -1.31. The number of aromatic nitrogens is 2. The Bertz CT molecular complexity index is 741. The van der Waals surface area contributed by atoms with Gasteiger partial charge in [0.1, 0.15) is 10.3 Å². The standard InChI is InChI=1S/C6HCl4NO2.C5HCl4N/c7-1-2(8)4(6(12)13)11-5(10)3(1)9;6-2-1-10-5(9)4(8)3(2)7/h(H,12,13);1H. The van der Waals surface area contributed by atoms with Crippen molar-refractivity contribution < 1.29 is 9.90 Å². The Morgan fingerprint density at radius 2 is 1.30 bits per heavy atom. The number of nitrogens with zero attached hydrogens (tertiary/aromatic N) is 2. The molecule has 0 aromatic carbocycles. The van der Waals surface area contributed by atoms with E-state index in [1.165, 1.54) is 6.20 Å². The van der Waals surface area contributed by atoms with Crippen LogP contribution in [0.4, 0.5) is 0 Å². The highest BCUT2D eigenvalue weighted by Gasteiger charge is 2.19. The number of carboxylic acids is 1. The molecule has 0 spiro atoms. The highest BCUT2D eigenvalue weighted by molar-refractivity contribution is 6.52. The molecule has 0 radical (unpaired) electrons. The molecule has 2 aromatic heterocycles. The van der Waals surface area contributed by atoms with E-state index in [1.807, 2.05) is 0 Å². The highest BCUT2D eigenvalue weighted by atomic mass is 35.5. The highest BCUT2D eigenvalue weighted by Crippen LogP contribution is 2.36. The maximum atomic E-state index is 10.5. The Morgan fingerprint density at radius 3 is 1.78 bits per heavy atom. The van der Waals surface area contributed by atoms with Crippen LogP contribution in [0.2, 0.25) is 40.4 Å². The Balaban J connectivity index is 0.000000238. The average Bonchev–Trinajstić information content (AvgIpc) is 2.51. The summed E-state index contributed by atoms with van der Waals surface area (Å²) < 4.78 is 0. The number of aromatic carboxylic acids is 1. The molecule has 0 fully saturated rings. The molecule has 0 aliphatic carbocycles. The van der Waals surface area contributed by atoms with E-state index in [-0.39, 0.29) is 35.4 Å². The normalized spacial score (nSPS) is 10.1. The van der Waals surface area contributed by atoms with Crippen molar-refractivity contribution in [2.75, 3.05) is 0 Å². The van der Waals surface area contributed by atoms with Crippen LogP contribution in [0.15, 0.2) is 6.20 Å². The zero-order valence-electron chi connectivity index (χ0n) is 10.4. The van der Waals surface area contributed by atoms with Gasteiger partial charge in [-0.1, -0.05) is 92.8 Å². The lowest BCUT2D eigenvalue weighted by Gasteiger charge is -2.03. The van der Waals surface area contributed by atoms with Crippen molar-refractivity contribution in [1.82, 2.24) is 9.97 Å². The van der Waals surface area contributed by atoms with Gasteiger partial charge in [-0.3, -0.25) is 0 Å². The zero-order valence-corrected chi connectivity index (χ0v) is 16.4. The Hall–Kier alpha value is 0.0900. The molecule has 2 heterocycles. The summed E-state index contributed by atoms with van der Waals surface area (Å²) in [5.41, 5.74) is -0.416. The molecule has 12 heteroatoms. The van der Waals surface area contributed by atoms with Crippen LogP contribution in [0.25, 0.3) is 0 Å². The van der Waals surface area contributed by atoms with E-state index in [2.05, 4.69) is 9.97 Å². The van der Waals surface area contributed by atoms with Crippen molar-refractivity contribution in [2.45, 2.75) is 0 Å². The first kappa shape index (κ1) is 21.1. The Kier molecular flexibility index (Phi) is 8.25. The molecule has 4 nitrogen and oxygen atoms in total. The van der Waals surface area contributed by atoms with E-state index < -0.39 is 11.7 Å². The van der Waals surface area contributed by atoms with Crippen LogP contribution < -0.4 is 0 Å². The third kappa shape index (κ3) is 5.28. The van der Waals surface area contributed by atoms with Crippen LogP contribution in [0.3, 0.4) is 0 Å². The molecular weight excluding hydrogens is 476 g/mol. The first-order valence-corrected chi connectivity index (χ1v) is 8.18. The summed E-state index contributed by atoms with van der Waals surface area (Å²) in [7, 11) is 0. The van der Waals surface area contributed by atoms with Crippen LogP contribution in [0.1, 0.15) is 10.5 Å². The van der Waals surface area contributed by atoms with Gasteiger partial charge >= 0.3 is 5.97 Å². The van der Waals surface area contributed by atoms with Crippen LogP contribution >= 0.6 is 92.8 Å². The molecule has 124 valence electrons. The summed E-state index contributed by atoms with van der Waals surface area (Å²) in [4.78, 5) is 17.6. The van der Waals surface area contributed by atoms with Crippen molar-refractivity contribution in [3.63, 3.8) is 0 Å². The van der Waals surface area contributed by atoms with E-state index in [9.17, 15) is 4.79 Å². The van der Waals surface area contributed by atoms with E-state index >= 15 is 0 Å². The van der Waals surface area contributed by atoms with Crippen LogP contribution in [-0.4, -0.2) is 21.0 Å². The number of halogens is 8. The molecular formula is C11H2Cl8N2O2. The predicted octanol–water partition coefficient (Wildman–Crippen LogP) is 7.09. The number of pyridine rings is 2. The molecule has 2 aromatic rings. The predicted molar refractivity (Wildman–Crippen MR) is 95.5 cm³/mol. The van der Waals surface area contributed by atoms with Crippen LogP contribution in [0, 0.1) is 0 Å². The van der Waals surface area contributed by atoms with Gasteiger partial charge in [0.15, 0.2) is 5.69 Å². The largest absolute Gasteiger partial charge is 0.476 e. The molecule has 0 amide bonds. The number of carbonyl (C=O) groups is 1. The summed E-state index contributed by atoms with van der Waals surface area (Å²) in [6.45, 7) is 0. The zero-order chi connectivity index (χ0) is 17.9. The SMILES string of the molecule is Clc1cnc(Cl)c(Cl)c1Cl.O=C(O)c1nc(Cl)c(Cl)c(Cl)c1Cl. The topological polar surface area (TPSA) is 63.1 Å². The van der Waals surface area contributed by atoms with E-state index in [4.69, 9.17) is 97.9 Å². The van der Waals surface area contributed by atoms with Gasteiger partial charge in [-0.15, -0.1) is 0 Å². The summed E-state index contributed by atoms with van der Waals surface area (Å²) in [5, 5.41) is 8.92. The lowest BCUT2D eigenvalue weighted by molar-refractivity contribution is 0.0690. The van der Waals surface area contributed by atoms with Gasteiger partial charge in [0.2, 0.25) is 0 Å². The molecule has 0 aliphatic heterocycles. The van der Waals surface area contributed by atoms with Crippen molar-refractivity contribution in [3.8, 4) is 0 Å². The number of hydrogen-bond donors (Lipinski definition) is 1. The lowest BCUT2D eigenvalue weighted by atomic mass is 10.3. The second kappa shape index (κ2) is 8.97. The van der Waals surface area contributed by atoms with Gasteiger partial charge in [0, 0.05) is 6.20 Å². The van der Waals surface area contributed by atoms with Crippen LogP contribution in [-0.2, 0) is 0 Å². The number of carboxylic acid groups (broad SMARTS) is 1. The molecule has 0 saturated carbocycles. The molecule has 0 unspecified atom stereocenters. The molecule has 23 heavy (non-hydrogen) atoms. The lowest BCUT2D eigenvalue weighted by Crippen LogP contribution is -2.02. The second-order valence-corrected chi connectivity index (χ2v) is 6.54. The van der Waals surface area contributed by atoms with Crippen molar-refractivity contribution in [3.05, 3.63) is 52.3 Å². The quantitative estimate of drug-likeness (QED) is 0.445. The van der Waals surface area contributed by atoms with Gasteiger partial charge in [0.05, 0.1) is 30.1 Å². The summed E-state index contributed by atoms with van der Waals surface area (Å²) >= 11 is 44.4. The average molecular weight is 478 g/mol. The van der Waals surface area contributed by atoms with Gasteiger partial charge < -0.3 is 5.11 Å². The minimum absolute atomic E-state index is 0.0571. The fraction of sp³-hybridized carbons (Fsp3) is 0. The molecule has 0 saturated heterocycles. The molecule has 0 aliphatic rings. The Labute approximate surface area is 170 Å². The van der Waals surface area contributed by atoms with E-state index in [1.54, 1.807) is 0 Å². The smallest absolute Gasteiger partial charge is 0.356 e. The van der Waals surface area contributed by atoms with E-state index in [0.717, 1.165) is 0 Å². The first-order valence-electron chi connectivity index (χ1n) is 5.16. The van der Waals surface area contributed by atoms with Crippen LogP contribution in [0.5, 0.6) is 0 Å². The van der Waals surface area contributed by atoms with Gasteiger partial charge in [-0.25, -0.2) is 14.8 Å². The Morgan fingerprint density at radius 1 is 0.783 bits per heavy atom. The molecule has 0 bridgehead atoms. The van der Waals surface area contributed by atoms with Gasteiger partial charge in [-0.05, 0) is 0 Å². The van der Waals surface area contributed by atoms with Crippen molar-refractivity contribution >= 4 is 98.8 Å². The molecule has 1 N–H and O–H groups in total. The molecule has 2 rings (SSSR count). The minimum Gasteiger partial charge on any atom is -0.476 e.